The van der Waals surface area contributed by atoms with Crippen LogP contribution in [0.3, 0.4) is 0 Å². The topological polar surface area (TPSA) is 25.8 Å². The molecule has 0 spiro atoms. The summed E-state index contributed by atoms with van der Waals surface area (Å²) in [5.41, 5.74) is 1.11. The highest BCUT2D eigenvalue weighted by atomic mass is 79.9. The van der Waals surface area contributed by atoms with Gasteiger partial charge in [-0.15, -0.1) is 21.5 Å². The predicted molar refractivity (Wildman–Crippen MR) is 58.6 cm³/mol. The zero-order valence-corrected chi connectivity index (χ0v) is 10.4. The lowest BCUT2D eigenvalue weighted by Gasteiger charge is -1.87. The first-order valence-electron chi connectivity index (χ1n) is 3.00. The molecule has 62 valence electrons. The van der Waals surface area contributed by atoms with E-state index in [0.717, 1.165) is 18.3 Å². The van der Waals surface area contributed by atoms with Gasteiger partial charge in [-0.25, -0.2) is 0 Å². The van der Waals surface area contributed by atoms with E-state index in [-0.39, 0.29) is 0 Å². The van der Waals surface area contributed by atoms with E-state index in [1.54, 1.807) is 11.3 Å². The minimum absolute atomic E-state index is 0.815. The Hall–Kier alpha value is 0.220. The van der Waals surface area contributed by atoms with Crippen molar-refractivity contribution in [3.63, 3.8) is 0 Å². The van der Waals surface area contributed by atoms with Crippen LogP contribution in [0, 0.1) is 0 Å². The van der Waals surface area contributed by atoms with Crippen LogP contribution in [-0.4, -0.2) is 10.2 Å². The largest absolute Gasteiger partial charge is 0.183 e. The number of rotatable bonds is 1. The van der Waals surface area contributed by atoms with Gasteiger partial charge >= 0.3 is 0 Å². The number of halogens is 2. The third kappa shape index (κ3) is 1.61. The average Bonchev–Trinajstić information content (AvgIpc) is 2.58. The van der Waals surface area contributed by atoms with Gasteiger partial charge in [0, 0.05) is 5.56 Å². The molecule has 2 heterocycles. The third-order valence-corrected chi connectivity index (χ3v) is 4.32. The van der Waals surface area contributed by atoms with E-state index in [1.807, 2.05) is 11.4 Å². The molecule has 0 atom stereocenters. The van der Waals surface area contributed by atoms with Crippen LogP contribution in [0.1, 0.15) is 0 Å². The van der Waals surface area contributed by atoms with Gasteiger partial charge in [0.05, 0.1) is 3.79 Å². The Balaban J connectivity index is 2.50. The average molecular weight is 326 g/mol. The Morgan fingerprint density at radius 2 is 2.08 bits per heavy atom. The molecule has 0 N–H and O–H groups in total. The first kappa shape index (κ1) is 8.80. The molecule has 2 aromatic heterocycles. The molecule has 0 fully saturated rings. The molecule has 0 saturated heterocycles. The first-order chi connectivity index (χ1) is 5.77. The smallest absolute Gasteiger partial charge is 0.137 e. The summed E-state index contributed by atoms with van der Waals surface area (Å²) in [7, 11) is 0. The number of hydrogen-bond acceptors (Lipinski definition) is 4. The summed E-state index contributed by atoms with van der Waals surface area (Å²) in [5.74, 6) is 0. The van der Waals surface area contributed by atoms with E-state index in [2.05, 4.69) is 42.1 Å². The van der Waals surface area contributed by atoms with Gasteiger partial charge in [0.25, 0.3) is 0 Å². The van der Waals surface area contributed by atoms with Crippen LogP contribution < -0.4 is 0 Å². The molecule has 0 aliphatic heterocycles. The second-order valence-electron chi connectivity index (χ2n) is 1.97. The summed E-state index contributed by atoms with van der Waals surface area (Å²) in [6, 6.07) is 2.03. The van der Waals surface area contributed by atoms with Gasteiger partial charge in [-0.1, -0.05) is 11.3 Å². The zero-order chi connectivity index (χ0) is 8.55. The van der Waals surface area contributed by atoms with Crippen molar-refractivity contribution in [1.29, 1.82) is 0 Å². The highest BCUT2D eigenvalue weighted by Crippen LogP contribution is 2.35. The van der Waals surface area contributed by atoms with Crippen molar-refractivity contribution in [3.8, 4) is 10.6 Å². The number of aromatic nitrogens is 2. The molecule has 2 rings (SSSR count). The van der Waals surface area contributed by atoms with Crippen LogP contribution in [0.25, 0.3) is 10.6 Å². The maximum atomic E-state index is 4.02. The lowest BCUT2D eigenvalue weighted by molar-refractivity contribution is 1.08. The van der Waals surface area contributed by atoms with Gasteiger partial charge in [0.2, 0.25) is 0 Å². The van der Waals surface area contributed by atoms with Crippen molar-refractivity contribution in [2.45, 2.75) is 0 Å². The molecule has 0 aromatic carbocycles. The van der Waals surface area contributed by atoms with Gasteiger partial charge in [0.15, 0.2) is 8.92 Å². The molecule has 0 amide bonds. The summed E-state index contributed by atoms with van der Waals surface area (Å²) in [4.78, 5) is 0. The summed E-state index contributed by atoms with van der Waals surface area (Å²) in [6.07, 6.45) is 0. The van der Waals surface area contributed by atoms with Crippen molar-refractivity contribution < 1.29 is 0 Å². The molecule has 2 nitrogen and oxygen atoms in total. The minimum Gasteiger partial charge on any atom is -0.137 e. The second kappa shape index (κ2) is 3.53. The van der Waals surface area contributed by atoms with E-state index < -0.39 is 0 Å². The van der Waals surface area contributed by atoms with Crippen molar-refractivity contribution in [3.05, 3.63) is 19.1 Å². The Morgan fingerprint density at radius 1 is 1.25 bits per heavy atom. The minimum atomic E-state index is 0.815. The molecule has 2 aromatic rings. The van der Waals surface area contributed by atoms with Crippen LogP contribution in [0.2, 0.25) is 0 Å². The van der Waals surface area contributed by atoms with Crippen LogP contribution in [0.15, 0.2) is 19.1 Å². The van der Waals surface area contributed by atoms with Crippen molar-refractivity contribution in [1.82, 2.24) is 10.2 Å². The Bertz CT molecular complexity index is 396. The quantitative estimate of drug-likeness (QED) is 0.797. The van der Waals surface area contributed by atoms with Crippen molar-refractivity contribution in [2.24, 2.45) is 0 Å². The SMILES string of the molecule is Brc1nnc(-c2ccsc2Br)s1. The van der Waals surface area contributed by atoms with E-state index in [4.69, 9.17) is 0 Å². The van der Waals surface area contributed by atoms with Gasteiger partial charge in [-0.2, -0.15) is 0 Å². The Kier molecular flexibility index (Phi) is 2.59. The number of nitrogens with zero attached hydrogens (tertiary/aromatic N) is 2. The number of thiophene rings is 1. The lowest BCUT2D eigenvalue weighted by atomic mass is 10.4. The molecule has 6 heteroatoms. The van der Waals surface area contributed by atoms with E-state index in [9.17, 15) is 0 Å². The fourth-order valence-electron chi connectivity index (χ4n) is 0.760. The summed E-state index contributed by atoms with van der Waals surface area (Å²) in [6.45, 7) is 0. The first-order valence-corrected chi connectivity index (χ1v) is 6.28. The zero-order valence-electron chi connectivity index (χ0n) is 5.62. The molecular weight excluding hydrogens is 324 g/mol. The molecule has 0 saturated carbocycles. The second-order valence-corrected chi connectivity index (χ2v) is 6.46. The van der Waals surface area contributed by atoms with Gasteiger partial charge < -0.3 is 0 Å². The van der Waals surface area contributed by atoms with Crippen LogP contribution in [-0.2, 0) is 0 Å². The third-order valence-electron chi connectivity index (χ3n) is 1.25. The molecule has 0 aliphatic carbocycles. The van der Waals surface area contributed by atoms with Crippen LogP contribution >= 0.6 is 54.5 Å². The van der Waals surface area contributed by atoms with Crippen molar-refractivity contribution in [2.75, 3.05) is 0 Å². The summed E-state index contributed by atoms with van der Waals surface area (Å²) < 4.78 is 1.92. The van der Waals surface area contributed by atoms with E-state index >= 15 is 0 Å². The Morgan fingerprint density at radius 3 is 2.58 bits per heavy atom. The van der Waals surface area contributed by atoms with Crippen LogP contribution in [0.4, 0.5) is 0 Å². The van der Waals surface area contributed by atoms with E-state index in [0.29, 0.717) is 0 Å². The van der Waals surface area contributed by atoms with Gasteiger partial charge in [-0.05, 0) is 43.3 Å². The van der Waals surface area contributed by atoms with Crippen molar-refractivity contribution >= 4 is 54.5 Å². The molecule has 0 unspecified atom stereocenters. The normalized spacial score (nSPS) is 10.5. The standard InChI is InChI=1S/C6H2Br2N2S2/c7-4-3(1-2-11-4)5-9-10-6(8)12-5/h1-2H. The molecule has 0 radical (unpaired) electrons. The maximum Gasteiger partial charge on any atom is 0.183 e. The highest BCUT2D eigenvalue weighted by Gasteiger charge is 2.08. The van der Waals surface area contributed by atoms with E-state index in [1.165, 1.54) is 11.3 Å². The van der Waals surface area contributed by atoms with Gasteiger partial charge in [-0.3, -0.25) is 0 Å². The summed E-state index contributed by atoms with van der Waals surface area (Å²) >= 11 is 9.91. The molecule has 0 aliphatic rings. The molecular formula is C6H2Br2N2S2. The maximum absolute atomic E-state index is 4.02. The van der Waals surface area contributed by atoms with Crippen LogP contribution in [0.5, 0.6) is 0 Å². The number of hydrogen-bond donors (Lipinski definition) is 0. The summed E-state index contributed by atoms with van der Waals surface area (Å²) in [5, 5.41) is 10.9. The fourth-order valence-corrected chi connectivity index (χ4v) is 3.36. The molecule has 0 bridgehead atoms. The fraction of sp³-hybridized carbons (Fsp3) is 0. The monoisotopic (exact) mass is 324 g/mol. The Labute approximate surface area is 93.9 Å². The molecule has 12 heavy (non-hydrogen) atoms. The predicted octanol–water partition coefficient (Wildman–Crippen LogP) is 3.79. The highest BCUT2D eigenvalue weighted by molar-refractivity contribution is 9.11. The lowest BCUT2D eigenvalue weighted by Crippen LogP contribution is -1.72. The van der Waals surface area contributed by atoms with Gasteiger partial charge in [0.1, 0.15) is 0 Å².